The predicted octanol–water partition coefficient (Wildman–Crippen LogP) is 1.95. The topological polar surface area (TPSA) is 86.0 Å². The molecule has 3 N–H and O–H groups in total. The molecule has 0 aliphatic carbocycles. The number of nitrogens with one attached hydrogen (secondary N) is 1. The normalized spacial score (nSPS) is 11.9. The molecule has 1 atom stereocenters. The van der Waals surface area contributed by atoms with Gasteiger partial charge in [0, 0.05) is 0 Å². The largest absolute Gasteiger partial charge is 0.491 e. The van der Waals surface area contributed by atoms with Gasteiger partial charge in [-0.15, -0.1) is 0 Å². The van der Waals surface area contributed by atoms with E-state index in [0.29, 0.717) is 18.4 Å². The van der Waals surface area contributed by atoms with Gasteiger partial charge in [0.1, 0.15) is 18.2 Å². The number of anilines is 2. The molecule has 0 bridgehead atoms. The number of nitrogens with two attached hydrogens (primary N) is 1. The minimum absolute atomic E-state index is 0.0517. The molecule has 1 aromatic carbocycles. The second-order valence-corrected chi connectivity index (χ2v) is 4.69. The number of aryl methyl sites for hydroxylation is 2. The van der Waals surface area contributed by atoms with E-state index in [2.05, 4.69) is 20.3 Å². The van der Waals surface area contributed by atoms with Crippen molar-refractivity contribution in [3.8, 4) is 5.75 Å². The molecule has 1 aromatic heterocycles. The fourth-order valence-electron chi connectivity index (χ4n) is 1.76. The van der Waals surface area contributed by atoms with E-state index in [9.17, 15) is 0 Å². The third-order valence-corrected chi connectivity index (χ3v) is 2.72. The average Bonchev–Trinajstić information content (AvgIpc) is 2.36. The number of ether oxygens (including phenoxy) is 1. The molecule has 0 radical (unpaired) electrons. The maximum Gasteiger partial charge on any atom is 0.228 e. The van der Waals surface area contributed by atoms with Gasteiger partial charge in [-0.25, -0.2) is 0 Å². The maximum atomic E-state index is 5.77. The fraction of sp³-hybridized carbons (Fsp3) is 0.357. The highest BCUT2D eigenvalue weighted by atomic mass is 16.5. The van der Waals surface area contributed by atoms with Crippen LogP contribution in [0.1, 0.15) is 18.3 Å². The number of hydrogen-bond donors (Lipinski definition) is 2. The number of rotatable bonds is 5. The number of para-hydroxylation sites is 1. The first-order valence-electron chi connectivity index (χ1n) is 6.47. The molecule has 0 amide bonds. The zero-order valence-electron chi connectivity index (χ0n) is 11.9. The van der Waals surface area contributed by atoms with Crippen molar-refractivity contribution in [3.63, 3.8) is 0 Å². The van der Waals surface area contributed by atoms with Crippen molar-refractivity contribution in [3.05, 3.63) is 35.7 Å². The zero-order valence-corrected chi connectivity index (χ0v) is 11.9. The second-order valence-electron chi connectivity index (χ2n) is 4.69. The van der Waals surface area contributed by atoms with Gasteiger partial charge in [-0.1, -0.05) is 18.2 Å². The molecule has 6 heteroatoms. The van der Waals surface area contributed by atoms with Gasteiger partial charge >= 0.3 is 0 Å². The summed E-state index contributed by atoms with van der Waals surface area (Å²) in [6, 6.07) is 7.96. The molecular formula is C14H19N5O. The lowest BCUT2D eigenvalue weighted by atomic mass is 10.2. The van der Waals surface area contributed by atoms with Gasteiger partial charge in [0.15, 0.2) is 0 Å². The van der Waals surface area contributed by atoms with Crippen LogP contribution in [-0.2, 0) is 0 Å². The highest BCUT2D eigenvalue weighted by Crippen LogP contribution is 2.16. The molecule has 0 saturated heterocycles. The molecule has 0 fully saturated rings. The third kappa shape index (κ3) is 3.81. The molecule has 106 valence electrons. The SMILES string of the molecule is Cc1nc(N)nc(NC(C)COc2ccccc2C)n1. The monoisotopic (exact) mass is 273 g/mol. The quantitative estimate of drug-likeness (QED) is 0.866. The van der Waals surface area contributed by atoms with Crippen LogP contribution in [0.3, 0.4) is 0 Å². The number of hydrogen-bond acceptors (Lipinski definition) is 6. The van der Waals surface area contributed by atoms with Gasteiger partial charge < -0.3 is 15.8 Å². The van der Waals surface area contributed by atoms with Gasteiger partial charge in [-0.2, -0.15) is 15.0 Å². The standard InChI is InChI=1S/C14H19N5O/c1-9-6-4-5-7-12(9)20-8-10(2)16-14-18-11(3)17-13(15)19-14/h4-7,10H,8H2,1-3H3,(H3,15,16,17,18,19). The Kier molecular flexibility index (Phi) is 4.34. The predicted molar refractivity (Wildman–Crippen MR) is 78.7 cm³/mol. The Hall–Kier alpha value is -2.37. The van der Waals surface area contributed by atoms with Crippen molar-refractivity contribution in [1.82, 2.24) is 15.0 Å². The Balaban J connectivity index is 1.92. The Morgan fingerprint density at radius 1 is 1.20 bits per heavy atom. The van der Waals surface area contributed by atoms with Crippen molar-refractivity contribution in [1.29, 1.82) is 0 Å². The average molecular weight is 273 g/mol. The van der Waals surface area contributed by atoms with Crippen LogP contribution < -0.4 is 15.8 Å². The van der Waals surface area contributed by atoms with Gasteiger partial charge in [0.25, 0.3) is 0 Å². The summed E-state index contributed by atoms with van der Waals surface area (Å²) in [5.41, 5.74) is 6.70. The first kappa shape index (κ1) is 14.0. The van der Waals surface area contributed by atoms with Crippen LogP contribution in [0.5, 0.6) is 5.75 Å². The molecule has 2 rings (SSSR count). The Morgan fingerprint density at radius 3 is 2.65 bits per heavy atom. The van der Waals surface area contributed by atoms with Crippen LogP contribution in [0.4, 0.5) is 11.9 Å². The number of nitrogen functional groups attached to an aromatic ring is 1. The molecule has 2 aromatic rings. The molecule has 0 aliphatic rings. The molecule has 0 spiro atoms. The molecule has 6 nitrogen and oxygen atoms in total. The minimum atomic E-state index is 0.0517. The van der Waals surface area contributed by atoms with Crippen molar-refractivity contribution in [2.24, 2.45) is 0 Å². The summed E-state index contributed by atoms with van der Waals surface area (Å²) in [4.78, 5) is 12.1. The second kappa shape index (κ2) is 6.18. The van der Waals surface area contributed by atoms with E-state index >= 15 is 0 Å². The highest BCUT2D eigenvalue weighted by molar-refractivity contribution is 5.33. The van der Waals surface area contributed by atoms with Crippen LogP contribution in [0.25, 0.3) is 0 Å². The van der Waals surface area contributed by atoms with E-state index in [1.165, 1.54) is 0 Å². The van der Waals surface area contributed by atoms with Gasteiger partial charge in [-0.05, 0) is 32.4 Å². The molecule has 0 aliphatic heterocycles. The van der Waals surface area contributed by atoms with E-state index in [4.69, 9.17) is 10.5 Å². The summed E-state index contributed by atoms with van der Waals surface area (Å²) in [6.45, 7) is 6.30. The van der Waals surface area contributed by atoms with Crippen molar-refractivity contribution in [2.75, 3.05) is 17.7 Å². The van der Waals surface area contributed by atoms with Crippen LogP contribution in [-0.4, -0.2) is 27.6 Å². The van der Waals surface area contributed by atoms with E-state index in [-0.39, 0.29) is 12.0 Å². The maximum absolute atomic E-state index is 5.77. The van der Waals surface area contributed by atoms with E-state index in [0.717, 1.165) is 11.3 Å². The van der Waals surface area contributed by atoms with Crippen LogP contribution in [0.2, 0.25) is 0 Å². The van der Waals surface area contributed by atoms with E-state index in [1.807, 2.05) is 38.1 Å². The van der Waals surface area contributed by atoms with Crippen molar-refractivity contribution in [2.45, 2.75) is 26.8 Å². The highest BCUT2D eigenvalue weighted by Gasteiger charge is 2.08. The van der Waals surface area contributed by atoms with Crippen molar-refractivity contribution < 1.29 is 4.74 Å². The molecular weight excluding hydrogens is 254 g/mol. The smallest absolute Gasteiger partial charge is 0.228 e. The first-order valence-corrected chi connectivity index (χ1v) is 6.47. The number of nitrogens with zero attached hydrogens (tertiary/aromatic N) is 3. The lowest BCUT2D eigenvalue weighted by Gasteiger charge is -2.16. The minimum Gasteiger partial charge on any atom is -0.491 e. The summed E-state index contributed by atoms with van der Waals surface area (Å²) in [5, 5.41) is 3.15. The lowest BCUT2D eigenvalue weighted by Crippen LogP contribution is -2.25. The van der Waals surface area contributed by atoms with Gasteiger partial charge in [-0.3, -0.25) is 0 Å². The zero-order chi connectivity index (χ0) is 14.5. The molecule has 0 saturated carbocycles. The lowest BCUT2D eigenvalue weighted by molar-refractivity contribution is 0.301. The van der Waals surface area contributed by atoms with Crippen molar-refractivity contribution >= 4 is 11.9 Å². The summed E-state index contributed by atoms with van der Waals surface area (Å²) in [7, 11) is 0. The first-order chi connectivity index (χ1) is 9.54. The third-order valence-electron chi connectivity index (χ3n) is 2.72. The molecule has 20 heavy (non-hydrogen) atoms. The summed E-state index contributed by atoms with van der Waals surface area (Å²) in [6.07, 6.45) is 0. The van der Waals surface area contributed by atoms with E-state index < -0.39 is 0 Å². The van der Waals surface area contributed by atoms with Crippen LogP contribution >= 0.6 is 0 Å². The van der Waals surface area contributed by atoms with Crippen LogP contribution in [0.15, 0.2) is 24.3 Å². The summed E-state index contributed by atoms with van der Waals surface area (Å²) < 4.78 is 5.77. The summed E-state index contributed by atoms with van der Waals surface area (Å²) >= 11 is 0. The molecule has 1 heterocycles. The Labute approximate surface area is 118 Å². The van der Waals surface area contributed by atoms with Gasteiger partial charge in [0.2, 0.25) is 11.9 Å². The molecule has 1 unspecified atom stereocenters. The van der Waals surface area contributed by atoms with E-state index in [1.54, 1.807) is 6.92 Å². The Bertz CT molecular complexity index is 567. The number of aromatic nitrogens is 3. The van der Waals surface area contributed by atoms with Crippen LogP contribution in [0, 0.1) is 13.8 Å². The number of benzene rings is 1. The Morgan fingerprint density at radius 2 is 1.95 bits per heavy atom. The summed E-state index contributed by atoms with van der Waals surface area (Å²) in [5.74, 6) is 2.16. The van der Waals surface area contributed by atoms with Gasteiger partial charge in [0.05, 0.1) is 6.04 Å². The fourth-order valence-corrected chi connectivity index (χ4v) is 1.76.